The van der Waals surface area contributed by atoms with E-state index in [2.05, 4.69) is 30.9 Å². The summed E-state index contributed by atoms with van der Waals surface area (Å²) in [6.07, 6.45) is -2.24. The molecule has 0 aliphatic heterocycles. The number of hydrogen-bond acceptors (Lipinski definition) is 9. The summed E-state index contributed by atoms with van der Waals surface area (Å²) in [6.45, 7) is 15.9. The number of benzene rings is 4. The minimum Gasteiger partial charge on any atom is -0.396 e. The summed E-state index contributed by atoms with van der Waals surface area (Å²) >= 11 is 12.3. The van der Waals surface area contributed by atoms with Gasteiger partial charge in [0.2, 0.25) is 0 Å². The summed E-state index contributed by atoms with van der Waals surface area (Å²) in [5.41, 5.74) is 2.57. The van der Waals surface area contributed by atoms with Crippen LogP contribution in [-0.4, -0.2) is 89.0 Å². The molecule has 3 atom stereocenters. The van der Waals surface area contributed by atoms with Crippen molar-refractivity contribution in [2.24, 2.45) is 4.99 Å². The van der Waals surface area contributed by atoms with Gasteiger partial charge in [-0.25, -0.2) is 15.0 Å². The van der Waals surface area contributed by atoms with Crippen molar-refractivity contribution in [3.63, 3.8) is 0 Å². The zero-order valence-corrected chi connectivity index (χ0v) is 46.6. The molecular weight excluding hydrogens is 1060 g/mol. The van der Waals surface area contributed by atoms with Gasteiger partial charge in [0.15, 0.2) is 0 Å². The first kappa shape index (κ1) is 62.6. The maximum atomic E-state index is 12.9. The Bertz CT molecular complexity index is 3000. The Morgan fingerprint density at radius 3 is 1.46 bits per heavy atom. The van der Waals surface area contributed by atoms with E-state index in [0.29, 0.717) is 44.0 Å². The Balaban J connectivity index is 0.000000287. The number of aliphatic hydroxyl groups excluding tert-OH is 1. The highest BCUT2D eigenvalue weighted by atomic mass is 35.5. The number of aliphatic imine (C=N–C) groups is 1. The smallest absolute Gasteiger partial charge is 0.396 e. The van der Waals surface area contributed by atoms with Crippen LogP contribution in [0.5, 0.6) is 0 Å². The maximum absolute atomic E-state index is 12.9. The lowest BCUT2D eigenvalue weighted by atomic mass is 10.00. The molecule has 0 aliphatic carbocycles. The van der Waals surface area contributed by atoms with Crippen molar-refractivity contribution in [3.8, 4) is 22.5 Å². The van der Waals surface area contributed by atoms with E-state index in [0.717, 1.165) is 60.3 Å². The van der Waals surface area contributed by atoms with Gasteiger partial charge in [-0.1, -0.05) is 85.1 Å². The SMILES string of the molecule is CCC[C@H](Cc1ccc(-c2cn(CC)c(C(C)(C)O)n2)cc1)NC(=O)c1ccc(N=C(C)C(F)(F)F)c(Cl)c1.CCn1cc(-c2ccc(C[C@@H](CCO)NC(=O)c3ccc(NC(C)C(F)(F)F)c(Cl)c3)cc2)nc1C(C)(C)O. The summed E-state index contributed by atoms with van der Waals surface area (Å²) < 4.78 is 80.8. The first-order chi connectivity index (χ1) is 36.4. The van der Waals surface area contributed by atoms with E-state index < -0.39 is 47.3 Å². The molecule has 422 valence electrons. The fourth-order valence-electron chi connectivity index (χ4n) is 8.32. The molecule has 21 heteroatoms. The number of rotatable bonds is 21. The third kappa shape index (κ3) is 17.4. The summed E-state index contributed by atoms with van der Waals surface area (Å²) in [5.74, 6) is 0.366. The molecule has 0 saturated heterocycles. The molecule has 2 amide bonds. The van der Waals surface area contributed by atoms with Crippen molar-refractivity contribution in [1.82, 2.24) is 29.7 Å². The molecule has 0 radical (unpaired) electrons. The molecule has 1 unspecified atom stereocenters. The van der Waals surface area contributed by atoms with Crippen LogP contribution in [0.25, 0.3) is 22.5 Å². The van der Waals surface area contributed by atoms with Gasteiger partial charge in [0.25, 0.3) is 11.8 Å². The number of hydrogen-bond donors (Lipinski definition) is 6. The molecule has 0 bridgehead atoms. The van der Waals surface area contributed by atoms with Crippen molar-refractivity contribution < 1.29 is 51.3 Å². The van der Waals surface area contributed by atoms with Gasteiger partial charge in [-0.2, -0.15) is 26.3 Å². The van der Waals surface area contributed by atoms with Crippen LogP contribution in [0.2, 0.25) is 10.0 Å². The van der Waals surface area contributed by atoms with E-state index in [1.54, 1.807) is 27.7 Å². The van der Waals surface area contributed by atoms with Crippen molar-refractivity contribution in [2.75, 3.05) is 11.9 Å². The molecule has 6 rings (SSSR count). The summed E-state index contributed by atoms with van der Waals surface area (Å²) in [4.78, 5) is 38.6. The molecule has 2 aromatic heterocycles. The number of carbonyl (C=O) groups excluding carboxylic acids is 2. The Morgan fingerprint density at radius 2 is 1.10 bits per heavy atom. The topological polar surface area (TPSA) is 179 Å². The second-order valence-corrected chi connectivity index (χ2v) is 20.8. The average Bonchev–Trinajstić information content (AvgIpc) is 4.05. The largest absolute Gasteiger partial charge is 0.429 e. The molecule has 78 heavy (non-hydrogen) atoms. The summed E-state index contributed by atoms with van der Waals surface area (Å²) in [5, 5.41) is 38.5. The predicted octanol–water partition coefficient (Wildman–Crippen LogP) is 12.8. The van der Waals surface area contributed by atoms with Crippen molar-refractivity contribution >= 4 is 52.1 Å². The number of imidazole rings is 2. The van der Waals surface area contributed by atoms with Crippen LogP contribution in [-0.2, 0) is 37.1 Å². The standard InChI is InChI=1S/C29H34ClF3N4O2.C28H34ClF3N4O3/c1-6-8-22(35-26(38)21-13-14-24(23(30)16-21)34-18(3)29(31,32)33)15-19-9-11-20(12-10-19)25-17-37(7-2)27(36-25)28(4,5)39;1-5-36-16-24(35-26(36)27(3,4)39)19-8-6-18(7-9-19)14-21(12-13-37)34-25(38)20-10-11-23(22(29)15-20)33-17(2)28(30,31)32/h9-14,16-17,22,39H,6-8,15H2,1-5H3,(H,35,38);6-11,15-17,21,33,37,39H,5,12-14H2,1-4H3,(H,34,38)/t22-;17?,21-/m11/s1. The molecule has 13 nitrogen and oxygen atoms in total. The first-order valence-electron chi connectivity index (χ1n) is 25.5. The highest BCUT2D eigenvalue weighted by Gasteiger charge is 2.36. The van der Waals surface area contributed by atoms with Gasteiger partial charge in [0.1, 0.15) is 34.6 Å². The van der Waals surface area contributed by atoms with Crippen LogP contribution >= 0.6 is 23.2 Å². The van der Waals surface area contributed by atoms with Gasteiger partial charge in [0, 0.05) is 66.4 Å². The van der Waals surface area contributed by atoms with Gasteiger partial charge in [-0.05, 0) is 129 Å². The van der Waals surface area contributed by atoms with E-state index in [1.165, 1.54) is 36.4 Å². The van der Waals surface area contributed by atoms with Crippen LogP contribution in [0.4, 0.5) is 37.7 Å². The molecule has 6 N–H and O–H groups in total. The second kappa shape index (κ2) is 26.6. The van der Waals surface area contributed by atoms with Crippen LogP contribution in [0.3, 0.4) is 0 Å². The van der Waals surface area contributed by atoms with Gasteiger partial charge in [-0.3, -0.25) is 9.59 Å². The maximum Gasteiger partial charge on any atom is 0.429 e. The summed E-state index contributed by atoms with van der Waals surface area (Å²) in [7, 11) is 0. The first-order valence-corrected chi connectivity index (χ1v) is 26.3. The molecule has 0 fully saturated rings. The highest BCUT2D eigenvalue weighted by molar-refractivity contribution is 6.34. The molecule has 2 heterocycles. The molecule has 0 aliphatic rings. The lowest BCUT2D eigenvalue weighted by Gasteiger charge is -2.20. The van der Waals surface area contributed by atoms with Gasteiger partial charge in [0.05, 0.1) is 32.8 Å². The number of nitrogens with zero attached hydrogens (tertiary/aromatic N) is 5. The number of carbonyl (C=O) groups is 2. The number of aliphatic hydroxyl groups is 3. The predicted molar refractivity (Wildman–Crippen MR) is 295 cm³/mol. The number of anilines is 1. The molecule has 6 aromatic rings. The lowest BCUT2D eigenvalue weighted by Crippen LogP contribution is -2.37. The third-order valence-corrected chi connectivity index (χ3v) is 13.2. The van der Waals surface area contributed by atoms with Gasteiger partial charge >= 0.3 is 12.4 Å². The van der Waals surface area contributed by atoms with Gasteiger partial charge < -0.3 is 40.4 Å². The zero-order valence-electron chi connectivity index (χ0n) is 45.0. The fourth-order valence-corrected chi connectivity index (χ4v) is 8.78. The second-order valence-electron chi connectivity index (χ2n) is 20.0. The molecule has 4 aromatic carbocycles. The van der Waals surface area contributed by atoms with Crippen LogP contribution in [0, 0.1) is 0 Å². The Labute approximate surface area is 461 Å². The monoisotopic (exact) mass is 1130 g/mol. The number of nitrogens with one attached hydrogen (secondary N) is 3. The summed E-state index contributed by atoms with van der Waals surface area (Å²) in [6, 6.07) is 21.3. The van der Waals surface area contributed by atoms with Crippen molar-refractivity contribution in [1.29, 1.82) is 0 Å². The van der Waals surface area contributed by atoms with E-state index in [-0.39, 0.29) is 51.1 Å². The van der Waals surface area contributed by atoms with Crippen molar-refractivity contribution in [3.05, 3.63) is 141 Å². The lowest BCUT2D eigenvalue weighted by molar-refractivity contribution is -0.138. The Hall–Kier alpha value is -6.25. The Morgan fingerprint density at radius 1 is 0.667 bits per heavy atom. The average molecular weight is 1130 g/mol. The van der Waals surface area contributed by atoms with E-state index in [9.17, 15) is 51.3 Å². The minimum absolute atomic E-state index is 0.00805. The quantitative estimate of drug-likeness (QED) is 0.0304. The normalized spacial score (nSPS) is 13.6. The third-order valence-electron chi connectivity index (χ3n) is 12.6. The van der Waals surface area contributed by atoms with Crippen molar-refractivity contribution in [2.45, 2.75) is 149 Å². The van der Waals surface area contributed by atoms with Crippen LogP contribution in [0.1, 0.15) is 125 Å². The molecule has 0 spiro atoms. The zero-order chi connectivity index (χ0) is 57.9. The number of halogens is 8. The van der Waals surface area contributed by atoms with Gasteiger partial charge in [-0.15, -0.1) is 0 Å². The minimum atomic E-state index is -4.55. The molecule has 0 saturated carbocycles. The number of amides is 2. The number of alkyl halides is 6. The molecular formula is C57H68Cl2F6N8O5. The van der Waals surface area contributed by atoms with Crippen LogP contribution in [0.15, 0.2) is 102 Å². The Kier molecular flexibility index (Phi) is 21.3. The number of aryl methyl sites for hydroxylation is 2. The number of aromatic nitrogens is 4. The highest BCUT2D eigenvalue weighted by Crippen LogP contribution is 2.32. The van der Waals surface area contributed by atoms with E-state index in [4.69, 9.17) is 23.2 Å². The fraction of sp³-hybridized carbons (Fsp3) is 0.421. The van der Waals surface area contributed by atoms with E-state index >= 15 is 0 Å². The van der Waals surface area contributed by atoms with E-state index in [1.807, 2.05) is 90.8 Å². The van der Waals surface area contributed by atoms with Crippen LogP contribution < -0.4 is 16.0 Å².